The quantitative estimate of drug-likeness (QED) is 0.108. The molecule has 0 saturated carbocycles. The number of carbonyl (C=O) groups is 6. The second-order valence-electron chi connectivity index (χ2n) is 40.4. The van der Waals surface area contributed by atoms with E-state index >= 15 is 0 Å². The molecule has 11 aliphatic rings. The van der Waals surface area contributed by atoms with Gasteiger partial charge < -0.3 is 25.3 Å². The highest BCUT2D eigenvalue weighted by molar-refractivity contribution is 6.10. The summed E-state index contributed by atoms with van der Waals surface area (Å²) in [6.45, 7) is 52.2. The number of benzene rings is 2. The number of ketones is 2. The van der Waals surface area contributed by atoms with Crippen LogP contribution in [0.1, 0.15) is 263 Å². The first-order valence-corrected chi connectivity index (χ1v) is 42.6. The fourth-order valence-corrected chi connectivity index (χ4v) is 19.6. The standard InChI is InChI=1S/C20H21NO.C16H23N3O.C16H22N2O2.C16H22N2O.C15H24N2O.C12H20N2O2/c1-19(2,3)15-9-8-13-11-20(12-14(13)10-15)16-6-4-5-7-17(16)21-18(20)22;1-16(2,3)18-9-6-12(7-10-18)19-14-5-4-8-17-13(14)11-15(19)20;1-15(2,3)18-9-6-16(7-10-18)12-5-4-8-17-13(12)11-14(19)20-16;1-15(2,3)18-9-6-16(7-10-18)12-5-4-8-17-13(12)11-14(16)19;1-11-9-13(14(18)16-10-11)12-5-7-17(8-6-12)15(2,3)4;1-11(2,3)14-6-4-12(5-7-14)9(15)8-10(16)13-12/h4-10H,11-12H2,1-3H3,(H,21,22);4-5,8,12H,6-7,9-11H2,1-3H3;4-5,8H,6-7,9-11H2,1-3H3;4-5,8H,6-7,9-11H2,1-3H3;9-10,12H,5-8H2,1-4H3,(H,16,18);4-8H2,1-3H3,(H,13,16). The number of Topliss-reactive ketones (excluding diaryl/α,β-unsaturated/α-hetero) is 2. The van der Waals surface area contributed by atoms with Gasteiger partial charge in [0.25, 0.3) is 5.56 Å². The number of nitrogens with zero attached hydrogens (tertiary/aromatic N) is 9. The number of anilines is 2. The van der Waals surface area contributed by atoms with E-state index in [0.717, 1.165) is 193 Å². The molecular formula is C95H132N12O8. The van der Waals surface area contributed by atoms with Gasteiger partial charge >= 0.3 is 5.97 Å². The predicted octanol–water partition coefficient (Wildman–Crippen LogP) is 14.2. The lowest BCUT2D eigenvalue weighted by Gasteiger charge is -2.47. The highest BCUT2D eigenvalue weighted by Crippen LogP contribution is 2.49. The zero-order chi connectivity index (χ0) is 83.2. The van der Waals surface area contributed by atoms with Crippen molar-refractivity contribution in [2.24, 2.45) is 0 Å². The van der Waals surface area contributed by atoms with Gasteiger partial charge in [-0.1, -0.05) is 69.3 Å². The second-order valence-corrected chi connectivity index (χ2v) is 40.4. The third-order valence-electron chi connectivity index (χ3n) is 26.8. The Morgan fingerprint density at radius 2 is 0.957 bits per heavy atom. The number of piperidine rings is 5. The van der Waals surface area contributed by atoms with E-state index in [9.17, 15) is 33.6 Å². The smallest absolute Gasteiger partial charge is 0.312 e. The Labute approximate surface area is 684 Å². The normalized spacial score (nSPS) is 22.3. The number of nitrogens with one attached hydrogen (secondary N) is 3. The lowest BCUT2D eigenvalue weighted by atomic mass is 9.72. The van der Waals surface area contributed by atoms with Crippen molar-refractivity contribution < 1.29 is 33.5 Å². The number of hydrogen-bond acceptors (Lipinski definition) is 16. The number of aryl methyl sites for hydroxylation is 1. The average Bonchev–Trinajstić information content (AvgIpc) is 1.55. The van der Waals surface area contributed by atoms with Crippen LogP contribution in [0.25, 0.3) is 0 Å². The Hall–Kier alpha value is -8.14. The van der Waals surface area contributed by atoms with Gasteiger partial charge in [0.1, 0.15) is 16.9 Å². The fraction of sp³-hybridized carbons (Fsp3) is 0.600. The molecule has 1 unspecified atom stereocenters. The maximum Gasteiger partial charge on any atom is 0.312 e. The minimum atomic E-state index is -0.529. The van der Waals surface area contributed by atoms with E-state index in [-0.39, 0.29) is 80.0 Å². The molecule has 1 atom stereocenters. The number of rotatable bonds is 2. The van der Waals surface area contributed by atoms with Crippen LogP contribution in [0.15, 0.2) is 115 Å². The summed E-state index contributed by atoms with van der Waals surface area (Å²) in [6, 6.07) is 29.3. The Kier molecular flexibility index (Phi) is 25.0. The molecule has 3 N–H and O–H groups in total. The van der Waals surface area contributed by atoms with Crippen LogP contribution in [0, 0.1) is 6.92 Å². The number of pyridine rings is 4. The Bertz CT molecular complexity index is 4600. The number of likely N-dealkylation sites (tertiary alicyclic amines) is 5. The van der Waals surface area contributed by atoms with Crippen molar-refractivity contribution >= 4 is 46.6 Å². The number of ether oxygens (including phenoxy) is 1. The van der Waals surface area contributed by atoms with Gasteiger partial charge in [-0.25, -0.2) is 0 Å². The molecule has 4 spiro atoms. The van der Waals surface area contributed by atoms with Gasteiger partial charge in [-0.2, -0.15) is 0 Å². The van der Waals surface area contributed by atoms with E-state index in [1.807, 2.05) is 54.3 Å². The minimum absolute atomic E-state index is 0.0789. The summed E-state index contributed by atoms with van der Waals surface area (Å²) in [5.41, 5.74) is 14.1. The van der Waals surface area contributed by atoms with Crippen LogP contribution in [0.5, 0.6) is 0 Å². The van der Waals surface area contributed by atoms with Crippen molar-refractivity contribution in [2.75, 3.05) is 75.7 Å². The summed E-state index contributed by atoms with van der Waals surface area (Å²) in [6.07, 6.45) is 19.5. The van der Waals surface area contributed by atoms with Crippen LogP contribution >= 0.6 is 0 Å². The van der Waals surface area contributed by atoms with E-state index in [1.54, 1.807) is 24.8 Å². The first-order chi connectivity index (χ1) is 53.9. The van der Waals surface area contributed by atoms with Crippen LogP contribution in [-0.4, -0.2) is 184 Å². The molecule has 2 aliphatic carbocycles. The Balaban J connectivity index is 0.000000128. The van der Waals surface area contributed by atoms with Gasteiger partial charge in [-0.3, -0.25) is 73.0 Å². The van der Waals surface area contributed by atoms with Crippen LogP contribution in [-0.2, 0) is 87.5 Å². The maximum absolute atomic E-state index is 12.7. The van der Waals surface area contributed by atoms with Crippen molar-refractivity contribution in [3.63, 3.8) is 0 Å². The molecule has 13 heterocycles. The number of carbonyl (C=O) groups excluding carboxylic acids is 6. The molecule has 620 valence electrons. The van der Waals surface area contributed by atoms with Gasteiger partial charge in [0.2, 0.25) is 17.7 Å². The summed E-state index contributed by atoms with van der Waals surface area (Å²) in [7, 11) is 0. The van der Waals surface area contributed by atoms with Crippen molar-refractivity contribution in [3.8, 4) is 0 Å². The molecule has 6 saturated heterocycles. The number of aromatic amines is 1. The molecule has 0 bridgehead atoms. The molecule has 115 heavy (non-hydrogen) atoms. The van der Waals surface area contributed by atoms with Crippen LogP contribution in [0.3, 0.4) is 0 Å². The summed E-state index contributed by atoms with van der Waals surface area (Å²) < 4.78 is 5.80. The zero-order valence-electron chi connectivity index (χ0n) is 72.7. The number of H-pyrrole nitrogens is 1. The van der Waals surface area contributed by atoms with E-state index < -0.39 is 16.6 Å². The molecule has 6 aromatic rings. The first-order valence-electron chi connectivity index (χ1n) is 42.6. The van der Waals surface area contributed by atoms with Crippen molar-refractivity contribution in [3.05, 3.63) is 182 Å². The maximum atomic E-state index is 12.7. The van der Waals surface area contributed by atoms with E-state index in [0.29, 0.717) is 37.0 Å². The Morgan fingerprint density at radius 3 is 1.51 bits per heavy atom. The van der Waals surface area contributed by atoms with Gasteiger partial charge in [-0.15, -0.1) is 0 Å². The third-order valence-corrected chi connectivity index (χ3v) is 26.8. The fourth-order valence-electron chi connectivity index (χ4n) is 19.6. The number of aromatic nitrogens is 4. The molecule has 0 radical (unpaired) electrons. The summed E-state index contributed by atoms with van der Waals surface area (Å²) in [5, 5.41) is 5.95. The van der Waals surface area contributed by atoms with E-state index in [4.69, 9.17) is 4.74 Å². The molecule has 2 aromatic carbocycles. The second kappa shape index (κ2) is 33.3. The molecule has 20 nitrogen and oxygen atoms in total. The summed E-state index contributed by atoms with van der Waals surface area (Å²) >= 11 is 0. The third kappa shape index (κ3) is 18.9. The number of para-hydroxylation sites is 1. The zero-order valence-corrected chi connectivity index (χ0v) is 72.7. The topological polar surface area (TPSA) is 227 Å². The lowest BCUT2D eigenvalue weighted by Crippen LogP contribution is -2.57. The molecule has 3 amide bonds. The van der Waals surface area contributed by atoms with Crippen molar-refractivity contribution in [2.45, 2.75) is 301 Å². The lowest BCUT2D eigenvalue weighted by molar-refractivity contribution is -0.171. The number of fused-ring (bicyclic) bond motifs is 8. The predicted molar refractivity (Wildman–Crippen MR) is 457 cm³/mol. The SMILES string of the molecule is CC(C)(C)N1CCC(N2C(=O)Cc3ncccc32)CC1.CC(C)(C)N1CCC2(CC1)C(=O)Cc1ncccc12.CC(C)(C)N1CCC2(CC1)NC(=O)CC2=O.CC(C)(C)N1CCC2(CC1)OC(=O)Cc1ncccc12.CC(C)(C)c1ccc2c(c1)CC1(C2)C(=O)Nc2ccccc21.Cc1c[nH]c(=O)c(C2CCN(C(C)(C)C)CC2)c1. The van der Waals surface area contributed by atoms with Crippen LogP contribution in [0.2, 0.25) is 0 Å². The van der Waals surface area contributed by atoms with Crippen LogP contribution < -0.4 is 21.1 Å². The molecule has 6 fully saturated rings. The highest BCUT2D eigenvalue weighted by Gasteiger charge is 2.53. The minimum Gasteiger partial charge on any atom is -0.454 e. The Morgan fingerprint density at radius 1 is 0.461 bits per heavy atom. The van der Waals surface area contributed by atoms with Gasteiger partial charge in [0.15, 0.2) is 5.78 Å². The molecular weight excluding hydrogens is 1440 g/mol. The van der Waals surface area contributed by atoms with Crippen molar-refractivity contribution in [1.82, 2.24) is 49.8 Å². The summed E-state index contributed by atoms with van der Waals surface area (Å²) in [4.78, 5) is 115. The molecule has 4 aromatic heterocycles. The molecule has 9 aliphatic heterocycles. The molecule has 20 heteroatoms. The molecule has 17 rings (SSSR count). The first kappa shape index (κ1) is 86.2. The van der Waals surface area contributed by atoms with Gasteiger partial charge in [0.05, 0.1) is 52.9 Å². The largest absolute Gasteiger partial charge is 0.454 e. The highest BCUT2D eigenvalue weighted by atomic mass is 16.6. The van der Waals surface area contributed by atoms with E-state index in [2.05, 4.69) is 222 Å². The number of amides is 3. The van der Waals surface area contributed by atoms with Crippen molar-refractivity contribution in [1.29, 1.82) is 0 Å². The van der Waals surface area contributed by atoms with E-state index in [1.165, 1.54) is 22.3 Å². The summed E-state index contributed by atoms with van der Waals surface area (Å²) in [5.74, 6) is 1.03. The van der Waals surface area contributed by atoms with Gasteiger partial charge in [-0.05, 0) is 282 Å². The average molecular weight is 1570 g/mol. The monoisotopic (exact) mass is 1570 g/mol. The number of esters is 1. The van der Waals surface area contributed by atoms with Gasteiger partial charge in [0, 0.05) is 134 Å². The number of hydrogen-bond donors (Lipinski definition) is 3. The van der Waals surface area contributed by atoms with Crippen LogP contribution in [0.4, 0.5) is 11.4 Å².